The van der Waals surface area contributed by atoms with Crippen molar-refractivity contribution in [3.8, 4) is 0 Å². The van der Waals surface area contributed by atoms with Crippen molar-refractivity contribution in [3.05, 3.63) is 0 Å². The van der Waals surface area contributed by atoms with E-state index in [2.05, 4.69) is 45.3 Å². The SMILES string of the molecule is CC(C)CCCC(C)C1CCC2C3CC(O)C4CC(=NCCCNCCCCNCCCN)CCC4(C)C3CCC12C. The normalized spacial score (nSPS) is 38.0. The Kier molecular flexibility index (Phi) is 13.2. The van der Waals surface area contributed by atoms with Crippen LogP contribution in [-0.2, 0) is 0 Å². The van der Waals surface area contributed by atoms with E-state index in [-0.39, 0.29) is 6.10 Å². The molecule has 4 aliphatic rings. The minimum atomic E-state index is -0.141. The fraction of sp³-hybridized carbons (Fsp3) is 0.973. The summed E-state index contributed by atoms with van der Waals surface area (Å²) in [5, 5.41) is 18.7. The van der Waals surface area contributed by atoms with E-state index in [1.165, 1.54) is 69.9 Å². The minimum absolute atomic E-state index is 0.141. The summed E-state index contributed by atoms with van der Waals surface area (Å²) in [6, 6.07) is 0. The van der Waals surface area contributed by atoms with Gasteiger partial charge in [-0.3, -0.25) is 4.99 Å². The lowest BCUT2D eigenvalue weighted by molar-refractivity contribution is -0.149. The lowest BCUT2D eigenvalue weighted by Gasteiger charge is -2.62. The molecule has 0 aromatic carbocycles. The van der Waals surface area contributed by atoms with Gasteiger partial charge < -0.3 is 21.5 Å². The molecule has 4 aliphatic carbocycles. The molecule has 0 heterocycles. The summed E-state index contributed by atoms with van der Waals surface area (Å²) in [6.45, 7) is 18.6. The van der Waals surface area contributed by atoms with Crippen molar-refractivity contribution in [1.82, 2.24) is 10.6 Å². The highest BCUT2D eigenvalue weighted by Gasteiger charge is 2.62. The van der Waals surface area contributed by atoms with Crippen molar-refractivity contribution in [1.29, 1.82) is 0 Å². The van der Waals surface area contributed by atoms with Gasteiger partial charge in [0.05, 0.1) is 6.10 Å². The molecule has 5 heteroatoms. The molecule has 0 radical (unpaired) electrons. The quantitative estimate of drug-likeness (QED) is 0.136. The number of aliphatic hydroxyl groups is 1. The average molecular weight is 587 g/mol. The van der Waals surface area contributed by atoms with Crippen LogP contribution in [0.2, 0.25) is 0 Å². The molecule has 42 heavy (non-hydrogen) atoms. The molecule has 0 spiro atoms. The van der Waals surface area contributed by atoms with Gasteiger partial charge in [-0.05, 0) is 162 Å². The van der Waals surface area contributed by atoms with Gasteiger partial charge in [0, 0.05) is 12.3 Å². The maximum Gasteiger partial charge on any atom is 0.0580 e. The van der Waals surface area contributed by atoms with Crippen LogP contribution in [0.3, 0.4) is 0 Å². The second-order valence-corrected chi connectivity index (χ2v) is 16.2. The summed E-state index contributed by atoms with van der Waals surface area (Å²) in [5.41, 5.74) is 7.73. The molecule has 0 saturated heterocycles. The monoisotopic (exact) mass is 587 g/mol. The molecule has 4 fully saturated rings. The van der Waals surface area contributed by atoms with Crippen LogP contribution in [-0.4, -0.2) is 56.2 Å². The molecular weight excluding hydrogens is 516 g/mol. The van der Waals surface area contributed by atoms with Crippen LogP contribution >= 0.6 is 0 Å². The van der Waals surface area contributed by atoms with Crippen molar-refractivity contribution < 1.29 is 5.11 Å². The largest absolute Gasteiger partial charge is 0.393 e. The van der Waals surface area contributed by atoms with Crippen molar-refractivity contribution in [2.24, 2.45) is 63.0 Å². The van der Waals surface area contributed by atoms with Crippen LogP contribution in [0.25, 0.3) is 0 Å². The van der Waals surface area contributed by atoms with Crippen LogP contribution in [0, 0.1) is 52.3 Å². The molecule has 5 nitrogen and oxygen atoms in total. The first-order chi connectivity index (χ1) is 20.2. The van der Waals surface area contributed by atoms with E-state index in [0.29, 0.717) is 16.7 Å². The Morgan fingerprint density at radius 2 is 1.52 bits per heavy atom. The number of aliphatic imine (C=N–C) groups is 1. The molecule has 0 aromatic heterocycles. The number of unbranched alkanes of at least 4 members (excludes halogenated alkanes) is 1. The Hall–Kier alpha value is -0.490. The van der Waals surface area contributed by atoms with E-state index in [1.807, 2.05) is 0 Å². The minimum Gasteiger partial charge on any atom is -0.393 e. The zero-order chi connectivity index (χ0) is 30.2. The van der Waals surface area contributed by atoms with E-state index >= 15 is 0 Å². The summed E-state index contributed by atoms with van der Waals surface area (Å²) in [7, 11) is 0. The first kappa shape index (κ1) is 34.4. The van der Waals surface area contributed by atoms with Gasteiger partial charge >= 0.3 is 0 Å². The van der Waals surface area contributed by atoms with Gasteiger partial charge in [0.15, 0.2) is 0 Å². The van der Waals surface area contributed by atoms with Crippen molar-refractivity contribution in [3.63, 3.8) is 0 Å². The third-order valence-electron chi connectivity index (χ3n) is 13.1. The van der Waals surface area contributed by atoms with Crippen LogP contribution in [0.1, 0.15) is 131 Å². The molecule has 244 valence electrons. The number of aliphatic hydroxyl groups excluding tert-OH is 1. The summed E-state index contributed by atoms with van der Waals surface area (Å²) < 4.78 is 0. The molecule has 0 aliphatic heterocycles. The smallest absolute Gasteiger partial charge is 0.0580 e. The summed E-state index contributed by atoms with van der Waals surface area (Å²) >= 11 is 0. The van der Waals surface area contributed by atoms with Gasteiger partial charge in [-0.25, -0.2) is 0 Å². The molecule has 0 bridgehead atoms. The topological polar surface area (TPSA) is 82.7 Å². The van der Waals surface area contributed by atoms with Crippen LogP contribution in [0.5, 0.6) is 0 Å². The van der Waals surface area contributed by atoms with Crippen LogP contribution < -0.4 is 16.4 Å². The van der Waals surface area contributed by atoms with Crippen LogP contribution in [0.4, 0.5) is 0 Å². The number of nitrogens with zero attached hydrogens (tertiary/aromatic N) is 1. The Bertz CT molecular complexity index is 831. The number of nitrogens with one attached hydrogen (secondary N) is 2. The highest BCUT2D eigenvalue weighted by molar-refractivity contribution is 5.85. The molecule has 4 rings (SSSR count). The lowest BCUT2D eigenvalue weighted by Crippen LogP contribution is -2.58. The second kappa shape index (κ2) is 16.2. The molecule has 0 amide bonds. The van der Waals surface area contributed by atoms with Crippen LogP contribution in [0.15, 0.2) is 4.99 Å². The van der Waals surface area contributed by atoms with E-state index < -0.39 is 0 Å². The maximum absolute atomic E-state index is 11.7. The van der Waals surface area contributed by atoms with Gasteiger partial charge in [-0.15, -0.1) is 0 Å². The number of nitrogens with two attached hydrogens (primary N) is 1. The highest BCUT2D eigenvalue weighted by Crippen LogP contribution is 2.68. The first-order valence-electron chi connectivity index (χ1n) is 18.5. The maximum atomic E-state index is 11.7. The molecule has 9 atom stereocenters. The van der Waals surface area contributed by atoms with Gasteiger partial charge in [0.2, 0.25) is 0 Å². The Labute approximate surface area is 260 Å². The van der Waals surface area contributed by atoms with Crippen molar-refractivity contribution >= 4 is 5.71 Å². The molecule has 9 unspecified atom stereocenters. The average Bonchev–Trinajstić information content (AvgIpc) is 3.31. The van der Waals surface area contributed by atoms with Crippen molar-refractivity contribution in [2.45, 2.75) is 137 Å². The molecule has 0 aromatic rings. The number of fused-ring (bicyclic) bond motifs is 5. The molecule has 5 N–H and O–H groups in total. The summed E-state index contributed by atoms with van der Waals surface area (Å²) in [5.74, 6) is 5.36. The fourth-order valence-corrected chi connectivity index (χ4v) is 10.7. The van der Waals surface area contributed by atoms with Gasteiger partial charge in [0.25, 0.3) is 0 Å². The predicted molar refractivity (Wildman–Crippen MR) is 180 cm³/mol. The number of hydrogen-bond acceptors (Lipinski definition) is 5. The lowest BCUT2D eigenvalue weighted by atomic mass is 9.44. The second-order valence-electron chi connectivity index (χ2n) is 16.2. The Balaban J connectivity index is 1.22. The highest BCUT2D eigenvalue weighted by atomic mass is 16.3. The van der Waals surface area contributed by atoms with Crippen molar-refractivity contribution in [2.75, 3.05) is 39.3 Å². The van der Waals surface area contributed by atoms with Gasteiger partial charge in [-0.1, -0.05) is 53.9 Å². The predicted octanol–water partition coefficient (Wildman–Crippen LogP) is 7.22. The molecule has 4 saturated carbocycles. The van der Waals surface area contributed by atoms with Gasteiger partial charge in [-0.2, -0.15) is 0 Å². The Morgan fingerprint density at radius 1 is 0.833 bits per heavy atom. The zero-order valence-corrected chi connectivity index (χ0v) is 28.4. The molecular formula is C37H70N4O. The van der Waals surface area contributed by atoms with E-state index in [0.717, 1.165) is 107 Å². The zero-order valence-electron chi connectivity index (χ0n) is 28.4. The summed E-state index contributed by atoms with van der Waals surface area (Å²) in [6.07, 6.45) is 18.8. The summed E-state index contributed by atoms with van der Waals surface area (Å²) in [4.78, 5) is 5.09. The fourth-order valence-electron chi connectivity index (χ4n) is 10.7. The Morgan fingerprint density at radius 3 is 2.24 bits per heavy atom. The van der Waals surface area contributed by atoms with E-state index in [9.17, 15) is 5.11 Å². The standard InChI is InChI=1S/C37H70N4O/c1-27(2)11-8-12-28(3)31-13-14-32-30-26-35(42)34-25-29(15-17-37(34,5)33(30)16-18-36(31,32)4)41-24-10-23-40-21-7-6-20-39-22-9-19-38/h27-28,30-35,39-40,42H,6-26,38H2,1-5H3. The van der Waals surface area contributed by atoms with E-state index in [4.69, 9.17) is 10.7 Å². The first-order valence-corrected chi connectivity index (χ1v) is 18.5. The van der Waals surface area contributed by atoms with E-state index in [1.54, 1.807) is 0 Å². The third-order valence-corrected chi connectivity index (χ3v) is 13.1. The van der Waals surface area contributed by atoms with Gasteiger partial charge in [0.1, 0.15) is 0 Å². The third kappa shape index (κ3) is 8.20. The number of hydrogen-bond donors (Lipinski definition) is 4. The number of rotatable bonds is 17.